The van der Waals surface area contributed by atoms with E-state index >= 15 is 0 Å². The maximum atomic E-state index is 12.5. The van der Waals surface area contributed by atoms with E-state index in [2.05, 4.69) is 10.6 Å². The lowest BCUT2D eigenvalue weighted by atomic mass is 10.1. The van der Waals surface area contributed by atoms with Gasteiger partial charge in [-0.2, -0.15) is 0 Å². The van der Waals surface area contributed by atoms with Gasteiger partial charge in [-0.25, -0.2) is 0 Å². The number of nitrogens with zero attached hydrogens (tertiary/aromatic N) is 1. The Morgan fingerprint density at radius 3 is 2.31 bits per heavy atom. The Morgan fingerprint density at radius 1 is 1.04 bits per heavy atom. The number of anilines is 1. The maximum Gasteiger partial charge on any atom is 0.261 e. The van der Waals surface area contributed by atoms with Gasteiger partial charge in [-0.15, -0.1) is 0 Å². The van der Waals surface area contributed by atoms with Gasteiger partial charge < -0.3 is 15.0 Å². The van der Waals surface area contributed by atoms with Crippen LogP contribution in [-0.2, 0) is 0 Å². The van der Waals surface area contributed by atoms with E-state index in [9.17, 15) is 9.59 Å². The van der Waals surface area contributed by atoms with E-state index in [0.717, 1.165) is 0 Å². The van der Waals surface area contributed by atoms with E-state index < -0.39 is 0 Å². The van der Waals surface area contributed by atoms with E-state index in [-0.39, 0.29) is 16.9 Å². The van der Waals surface area contributed by atoms with Crippen molar-refractivity contribution in [3.63, 3.8) is 0 Å². The first-order valence-electron chi connectivity index (χ1n) is 8.09. The number of carbonyl (C=O) groups excluding carboxylic acids is 2. The molecule has 0 bridgehead atoms. The molecular formula is C19H21N3O3S. The minimum atomic E-state index is -0.386. The van der Waals surface area contributed by atoms with Gasteiger partial charge in [-0.1, -0.05) is 24.3 Å². The minimum Gasteiger partial charge on any atom is -0.493 e. The third kappa shape index (κ3) is 4.80. The quantitative estimate of drug-likeness (QED) is 0.791. The van der Waals surface area contributed by atoms with Crippen LogP contribution in [0, 0.1) is 0 Å². The van der Waals surface area contributed by atoms with Gasteiger partial charge in [0.1, 0.15) is 5.75 Å². The number of rotatable bonds is 5. The number of hydrogen-bond donors (Lipinski definition) is 2. The molecule has 136 valence electrons. The van der Waals surface area contributed by atoms with E-state index in [1.54, 1.807) is 62.6 Å². The van der Waals surface area contributed by atoms with Crippen LogP contribution in [0.15, 0.2) is 48.5 Å². The number of para-hydroxylation sites is 2. The van der Waals surface area contributed by atoms with Crippen molar-refractivity contribution in [1.82, 2.24) is 10.2 Å². The van der Waals surface area contributed by atoms with Crippen molar-refractivity contribution in [3.8, 4) is 5.75 Å². The molecule has 0 aliphatic carbocycles. The maximum absolute atomic E-state index is 12.5. The Bertz CT molecular complexity index is 821. The monoisotopic (exact) mass is 371 g/mol. The SMILES string of the molecule is CCOc1ccccc1C(=O)NC(=S)Nc1ccccc1C(=O)N(C)C. The molecule has 0 radical (unpaired) electrons. The molecule has 0 unspecified atom stereocenters. The zero-order chi connectivity index (χ0) is 19.1. The summed E-state index contributed by atoms with van der Waals surface area (Å²) in [7, 11) is 3.34. The Labute approximate surface area is 158 Å². The number of ether oxygens (including phenoxy) is 1. The molecule has 0 heterocycles. The minimum absolute atomic E-state index is 0.0975. The molecule has 6 nitrogen and oxygen atoms in total. The highest BCUT2D eigenvalue weighted by Crippen LogP contribution is 2.19. The molecule has 0 aliphatic rings. The Morgan fingerprint density at radius 2 is 1.65 bits per heavy atom. The fourth-order valence-corrected chi connectivity index (χ4v) is 2.48. The van der Waals surface area contributed by atoms with Gasteiger partial charge in [0, 0.05) is 14.1 Å². The third-order valence-electron chi connectivity index (χ3n) is 3.47. The molecule has 0 fully saturated rings. The lowest BCUT2D eigenvalue weighted by Crippen LogP contribution is -2.35. The van der Waals surface area contributed by atoms with Gasteiger partial charge in [0.15, 0.2) is 5.11 Å². The van der Waals surface area contributed by atoms with E-state index in [1.165, 1.54) is 4.90 Å². The summed E-state index contributed by atoms with van der Waals surface area (Å²) in [6, 6.07) is 13.9. The van der Waals surface area contributed by atoms with Gasteiger partial charge in [0.2, 0.25) is 0 Å². The lowest BCUT2D eigenvalue weighted by molar-refractivity contribution is 0.0828. The van der Waals surface area contributed by atoms with Gasteiger partial charge in [0.05, 0.1) is 23.4 Å². The van der Waals surface area contributed by atoms with Crippen LogP contribution in [0.25, 0.3) is 0 Å². The van der Waals surface area contributed by atoms with Crippen molar-refractivity contribution in [3.05, 3.63) is 59.7 Å². The van der Waals surface area contributed by atoms with Crippen molar-refractivity contribution in [1.29, 1.82) is 0 Å². The summed E-state index contributed by atoms with van der Waals surface area (Å²) in [5.41, 5.74) is 1.37. The summed E-state index contributed by atoms with van der Waals surface area (Å²) in [4.78, 5) is 26.2. The zero-order valence-electron chi connectivity index (χ0n) is 14.9. The smallest absolute Gasteiger partial charge is 0.261 e. The van der Waals surface area contributed by atoms with Crippen LogP contribution in [0.3, 0.4) is 0 Å². The summed E-state index contributed by atoms with van der Waals surface area (Å²) >= 11 is 5.22. The van der Waals surface area contributed by atoms with Crippen LogP contribution >= 0.6 is 12.2 Å². The summed E-state index contributed by atoms with van der Waals surface area (Å²) in [5, 5.41) is 5.62. The average molecular weight is 371 g/mol. The summed E-state index contributed by atoms with van der Waals surface area (Å²) in [6.07, 6.45) is 0. The molecule has 0 aliphatic heterocycles. The molecule has 0 saturated carbocycles. The molecule has 0 spiro atoms. The number of thiocarbonyl (C=S) groups is 1. The predicted molar refractivity (Wildman–Crippen MR) is 106 cm³/mol. The second-order valence-corrected chi connectivity index (χ2v) is 5.99. The summed E-state index contributed by atoms with van der Waals surface area (Å²) < 4.78 is 5.46. The fraction of sp³-hybridized carbons (Fsp3) is 0.211. The first kappa shape index (κ1) is 19.4. The molecule has 26 heavy (non-hydrogen) atoms. The van der Waals surface area contributed by atoms with Crippen LogP contribution in [0.4, 0.5) is 5.69 Å². The standard InChI is InChI=1S/C19H21N3O3S/c1-4-25-16-12-8-6-10-14(16)17(23)21-19(26)20-15-11-7-5-9-13(15)18(24)22(2)3/h5-12H,4H2,1-3H3,(H2,20,21,23,26). The fourth-order valence-electron chi connectivity index (χ4n) is 2.28. The van der Waals surface area contributed by atoms with Gasteiger partial charge in [-0.05, 0) is 43.4 Å². The number of benzene rings is 2. The molecule has 0 atom stereocenters. The molecule has 7 heteroatoms. The Kier molecular flexibility index (Phi) is 6.68. The van der Waals surface area contributed by atoms with Crippen LogP contribution in [0.2, 0.25) is 0 Å². The van der Waals surface area contributed by atoms with Crippen molar-refractivity contribution in [2.24, 2.45) is 0 Å². The molecule has 2 aromatic rings. The lowest BCUT2D eigenvalue weighted by Gasteiger charge is -2.16. The van der Waals surface area contributed by atoms with Gasteiger partial charge in [0.25, 0.3) is 11.8 Å². The van der Waals surface area contributed by atoms with Crippen molar-refractivity contribution < 1.29 is 14.3 Å². The highest BCUT2D eigenvalue weighted by atomic mass is 32.1. The van der Waals surface area contributed by atoms with Crippen LogP contribution in [0.1, 0.15) is 27.6 Å². The van der Waals surface area contributed by atoms with Crippen LogP contribution in [-0.4, -0.2) is 42.5 Å². The van der Waals surface area contributed by atoms with E-state index in [0.29, 0.717) is 29.2 Å². The highest BCUT2D eigenvalue weighted by Gasteiger charge is 2.16. The zero-order valence-corrected chi connectivity index (χ0v) is 15.7. The number of carbonyl (C=O) groups is 2. The Balaban J connectivity index is 2.13. The van der Waals surface area contributed by atoms with Crippen LogP contribution < -0.4 is 15.4 Å². The summed E-state index contributed by atoms with van der Waals surface area (Å²) in [6.45, 7) is 2.30. The van der Waals surface area contributed by atoms with Crippen molar-refractivity contribution in [2.75, 3.05) is 26.0 Å². The van der Waals surface area contributed by atoms with E-state index in [4.69, 9.17) is 17.0 Å². The largest absolute Gasteiger partial charge is 0.493 e. The number of amides is 2. The molecule has 2 N–H and O–H groups in total. The Hall–Kier alpha value is -2.93. The molecule has 0 aromatic heterocycles. The molecule has 2 rings (SSSR count). The first-order valence-corrected chi connectivity index (χ1v) is 8.49. The second kappa shape index (κ2) is 8.96. The normalized spacial score (nSPS) is 9.96. The first-order chi connectivity index (χ1) is 12.4. The van der Waals surface area contributed by atoms with Crippen LogP contribution in [0.5, 0.6) is 5.75 Å². The summed E-state index contributed by atoms with van der Waals surface area (Å²) in [5.74, 6) is -0.0645. The highest BCUT2D eigenvalue weighted by molar-refractivity contribution is 7.80. The third-order valence-corrected chi connectivity index (χ3v) is 3.67. The molecule has 2 aromatic carbocycles. The van der Waals surface area contributed by atoms with E-state index in [1.807, 2.05) is 6.92 Å². The number of hydrogen-bond acceptors (Lipinski definition) is 4. The second-order valence-electron chi connectivity index (χ2n) is 5.58. The van der Waals surface area contributed by atoms with Gasteiger partial charge in [-0.3, -0.25) is 14.9 Å². The number of nitrogens with one attached hydrogen (secondary N) is 2. The predicted octanol–water partition coefficient (Wildman–Crippen LogP) is 2.91. The molecular weight excluding hydrogens is 350 g/mol. The molecule has 2 amide bonds. The molecule has 0 saturated heterocycles. The topological polar surface area (TPSA) is 70.7 Å². The average Bonchev–Trinajstić information content (AvgIpc) is 2.62. The van der Waals surface area contributed by atoms with Crippen molar-refractivity contribution >= 4 is 34.8 Å². The van der Waals surface area contributed by atoms with Crippen molar-refractivity contribution in [2.45, 2.75) is 6.92 Å². The van der Waals surface area contributed by atoms with Gasteiger partial charge >= 0.3 is 0 Å².